The fraction of sp³-hybridized carbons (Fsp3) is 0.500. The van der Waals surface area contributed by atoms with Crippen LogP contribution in [0.2, 0.25) is 0 Å². The number of rotatable bonds is 8. The topological polar surface area (TPSA) is 78.8 Å². The first kappa shape index (κ1) is 15.6. The summed E-state index contributed by atoms with van der Waals surface area (Å²) in [5.74, 6) is -0.943. The van der Waals surface area contributed by atoms with Crippen molar-refractivity contribution in [2.75, 3.05) is 20.3 Å². The van der Waals surface area contributed by atoms with Crippen molar-refractivity contribution < 1.29 is 19.7 Å². The number of methoxy groups -OCH3 is 1. The first-order valence-corrected chi connectivity index (χ1v) is 6.23. The summed E-state index contributed by atoms with van der Waals surface area (Å²) in [7, 11) is 1.57. The highest BCUT2D eigenvalue weighted by atomic mass is 16.5. The molecule has 0 fully saturated rings. The van der Waals surface area contributed by atoms with Crippen molar-refractivity contribution in [3.63, 3.8) is 0 Å². The zero-order valence-electron chi connectivity index (χ0n) is 11.3. The molecule has 0 radical (unpaired) electrons. The normalized spacial score (nSPS) is 14.1. The van der Waals surface area contributed by atoms with E-state index < -0.39 is 18.1 Å². The Bertz CT molecular complexity index is 391. The van der Waals surface area contributed by atoms with Crippen molar-refractivity contribution in [3.05, 3.63) is 35.4 Å². The number of aliphatic hydroxyl groups is 1. The van der Waals surface area contributed by atoms with E-state index in [0.717, 1.165) is 5.56 Å². The SMILES string of the molecule is COCCNC(CC(=O)O)C(O)c1ccc(C)cc1. The van der Waals surface area contributed by atoms with Crippen molar-refractivity contribution in [2.24, 2.45) is 0 Å². The third-order valence-corrected chi connectivity index (χ3v) is 2.91. The van der Waals surface area contributed by atoms with E-state index in [-0.39, 0.29) is 6.42 Å². The van der Waals surface area contributed by atoms with Gasteiger partial charge in [0.2, 0.25) is 0 Å². The van der Waals surface area contributed by atoms with E-state index in [1.165, 1.54) is 0 Å². The molecule has 0 aliphatic rings. The van der Waals surface area contributed by atoms with Crippen LogP contribution in [0.5, 0.6) is 0 Å². The van der Waals surface area contributed by atoms with Crippen molar-refractivity contribution >= 4 is 5.97 Å². The van der Waals surface area contributed by atoms with Gasteiger partial charge in [0, 0.05) is 19.7 Å². The first-order chi connectivity index (χ1) is 9.04. The van der Waals surface area contributed by atoms with Crippen molar-refractivity contribution in [2.45, 2.75) is 25.5 Å². The molecule has 0 aliphatic carbocycles. The van der Waals surface area contributed by atoms with E-state index in [2.05, 4.69) is 5.32 Å². The van der Waals surface area contributed by atoms with Gasteiger partial charge in [0.05, 0.1) is 19.1 Å². The quantitative estimate of drug-likeness (QED) is 0.615. The summed E-state index contributed by atoms with van der Waals surface area (Å²) >= 11 is 0. The maximum Gasteiger partial charge on any atom is 0.305 e. The lowest BCUT2D eigenvalue weighted by Gasteiger charge is -2.23. The van der Waals surface area contributed by atoms with Crippen LogP contribution in [-0.2, 0) is 9.53 Å². The highest BCUT2D eigenvalue weighted by molar-refractivity contribution is 5.67. The molecule has 2 unspecified atom stereocenters. The second kappa shape index (κ2) is 7.89. The van der Waals surface area contributed by atoms with Crippen LogP contribution in [-0.4, -0.2) is 42.5 Å². The molecule has 2 atom stereocenters. The Hall–Kier alpha value is -1.43. The summed E-state index contributed by atoms with van der Waals surface area (Å²) in [5, 5.41) is 22.2. The number of aliphatic hydroxyl groups excluding tert-OH is 1. The molecule has 5 heteroatoms. The molecule has 0 aromatic heterocycles. The molecule has 0 heterocycles. The van der Waals surface area contributed by atoms with Crippen LogP contribution < -0.4 is 5.32 Å². The van der Waals surface area contributed by atoms with Crippen LogP contribution in [0.4, 0.5) is 0 Å². The van der Waals surface area contributed by atoms with Crippen LogP contribution in [0.3, 0.4) is 0 Å². The smallest absolute Gasteiger partial charge is 0.305 e. The molecule has 0 amide bonds. The Morgan fingerprint density at radius 3 is 2.53 bits per heavy atom. The number of aliphatic carboxylic acids is 1. The van der Waals surface area contributed by atoms with Gasteiger partial charge in [-0.15, -0.1) is 0 Å². The first-order valence-electron chi connectivity index (χ1n) is 6.23. The Kier molecular flexibility index (Phi) is 6.49. The Labute approximate surface area is 113 Å². The molecule has 3 N–H and O–H groups in total. The van der Waals surface area contributed by atoms with Crippen molar-refractivity contribution in [1.29, 1.82) is 0 Å². The molecule has 19 heavy (non-hydrogen) atoms. The molecule has 0 bridgehead atoms. The van der Waals surface area contributed by atoms with Gasteiger partial charge in [-0.2, -0.15) is 0 Å². The second-order valence-corrected chi connectivity index (χ2v) is 4.51. The summed E-state index contributed by atoms with van der Waals surface area (Å²) in [6, 6.07) is 6.88. The molecule has 0 spiro atoms. The van der Waals surface area contributed by atoms with Crippen molar-refractivity contribution in [1.82, 2.24) is 5.32 Å². The maximum absolute atomic E-state index is 10.8. The van der Waals surface area contributed by atoms with Gasteiger partial charge < -0.3 is 20.3 Å². The third-order valence-electron chi connectivity index (χ3n) is 2.91. The summed E-state index contributed by atoms with van der Waals surface area (Å²) < 4.78 is 4.91. The Morgan fingerprint density at radius 2 is 2.00 bits per heavy atom. The number of benzene rings is 1. The van der Waals surface area contributed by atoms with Gasteiger partial charge in [0.15, 0.2) is 0 Å². The molecule has 5 nitrogen and oxygen atoms in total. The molecule has 0 aliphatic heterocycles. The predicted octanol–water partition coefficient (Wildman–Crippen LogP) is 1.11. The van der Waals surface area contributed by atoms with Gasteiger partial charge in [-0.3, -0.25) is 4.79 Å². The van der Waals surface area contributed by atoms with E-state index in [4.69, 9.17) is 9.84 Å². The standard InChI is InChI=1S/C14H21NO4/c1-10-3-5-11(6-4-10)14(18)12(9-13(16)17)15-7-8-19-2/h3-6,12,14-15,18H,7-9H2,1-2H3,(H,16,17). The lowest BCUT2D eigenvalue weighted by Crippen LogP contribution is -2.38. The highest BCUT2D eigenvalue weighted by Gasteiger charge is 2.22. The number of carboxylic acids is 1. The van der Waals surface area contributed by atoms with Crippen LogP contribution in [0, 0.1) is 6.92 Å². The molecule has 1 rings (SSSR count). The molecule has 1 aromatic rings. The van der Waals surface area contributed by atoms with Gasteiger partial charge in [-0.25, -0.2) is 0 Å². The highest BCUT2D eigenvalue weighted by Crippen LogP contribution is 2.19. The van der Waals surface area contributed by atoms with E-state index in [9.17, 15) is 9.90 Å². The molecular formula is C14H21NO4. The average molecular weight is 267 g/mol. The van der Waals surface area contributed by atoms with E-state index in [1.807, 2.05) is 31.2 Å². The van der Waals surface area contributed by atoms with Crippen molar-refractivity contribution in [3.8, 4) is 0 Å². The minimum atomic E-state index is -0.943. The zero-order chi connectivity index (χ0) is 14.3. The van der Waals surface area contributed by atoms with Crippen LogP contribution >= 0.6 is 0 Å². The summed E-state index contributed by atoms with van der Waals surface area (Å²) in [5.41, 5.74) is 1.81. The number of hydrogen-bond donors (Lipinski definition) is 3. The number of aryl methyl sites for hydroxylation is 1. The largest absolute Gasteiger partial charge is 0.481 e. The predicted molar refractivity (Wildman–Crippen MR) is 72.1 cm³/mol. The van der Waals surface area contributed by atoms with E-state index in [0.29, 0.717) is 18.7 Å². The van der Waals surface area contributed by atoms with Crippen LogP contribution in [0.25, 0.3) is 0 Å². The average Bonchev–Trinajstić information content (AvgIpc) is 2.37. The Morgan fingerprint density at radius 1 is 1.37 bits per heavy atom. The van der Waals surface area contributed by atoms with E-state index >= 15 is 0 Å². The minimum Gasteiger partial charge on any atom is -0.481 e. The monoisotopic (exact) mass is 267 g/mol. The summed E-state index contributed by atoms with van der Waals surface area (Å²) in [6.45, 7) is 2.93. The molecule has 0 saturated heterocycles. The number of hydrogen-bond acceptors (Lipinski definition) is 4. The lowest BCUT2D eigenvalue weighted by atomic mass is 9.99. The van der Waals surface area contributed by atoms with Crippen LogP contribution in [0.1, 0.15) is 23.7 Å². The van der Waals surface area contributed by atoms with Crippen LogP contribution in [0.15, 0.2) is 24.3 Å². The molecule has 0 saturated carbocycles. The fourth-order valence-electron chi connectivity index (χ4n) is 1.83. The lowest BCUT2D eigenvalue weighted by molar-refractivity contribution is -0.138. The number of carboxylic acid groups (broad SMARTS) is 1. The maximum atomic E-state index is 10.8. The van der Waals surface area contributed by atoms with Gasteiger partial charge in [0.1, 0.15) is 0 Å². The summed E-state index contributed by atoms with van der Waals surface area (Å²) in [4.78, 5) is 10.8. The summed E-state index contributed by atoms with van der Waals surface area (Å²) in [6.07, 6.45) is -0.993. The van der Waals surface area contributed by atoms with Gasteiger partial charge in [-0.1, -0.05) is 29.8 Å². The molecule has 106 valence electrons. The Balaban J connectivity index is 2.71. The van der Waals surface area contributed by atoms with Gasteiger partial charge in [-0.05, 0) is 12.5 Å². The van der Waals surface area contributed by atoms with Gasteiger partial charge >= 0.3 is 5.97 Å². The minimum absolute atomic E-state index is 0.140. The van der Waals surface area contributed by atoms with Gasteiger partial charge in [0.25, 0.3) is 0 Å². The molecule has 1 aromatic carbocycles. The van der Waals surface area contributed by atoms with E-state index in [1.54, 1.807) is 7.11 Å². The zero-order valence-corrected chi connectivity index (χ0v) is 11.3. The second-order valence-electron chi connectivity index (χ2n) is 4.51. The number of ether oxygens (including phenoxy) is 1. The number of nitrogens with one attached hydrogen (secondary N) is 1. The third kappa shape index (κ3) is 5.38. The number of carbonyl (C=O) groups is 1. The molecular weight excluding hydrogens is 246 g/mol. The fourth-order valence-corrected chi connectivity index (χ4v) is 1.83.